The molecule has 1 aliphatic rings. The Morgan fingerprint density at radius 3 is 2.76 bits per heavy atom. The fourth-order valence-electron chi connectivity index (χ4n) is 3.28. The van der Waals surface area contributed by atoms with Gasteiger partial charge in [0.15, 0.2) is 5.96 Å². The lowest BCUT2D eigenvalue weighted by Gasteiger charge is -2.30. The Morgan fingerprint density at radius 1 is 1.34 bits per heavy atom. The maximum atomic E-state index is 13.0. The molecule has 3 unspecified atom stereocenters. The van der Waals surface area contributed by atoms with Crippen LogP contribution >= 0.6 is 24.0 Å². The summed E-state index contributed by atoms with van der Waals surface area (Å²) in [5.74, 6) is 1.08. The van der Waals surface area contributed by atoms with Gasteiger partial charge in [-0.15, -0.1) is 24.0 Å². The van der Waals surface area contributed by atoms with Gasteiger partial charge < -0.3 is 16.0 Å². The Balaban J connectivity index is 0.00000420. The highest BCUT2D eigenvalue weighted by Gasteiger charge is 2.34. The molecular formula is C18H29F3IN5OS. The zero-order valence-electron chi connectivity index (χ0n) is 16.6. The number of hydrogen-bond donors (Lipinski definition) is 3. The second kappa shape index (κ2) is 12.6. The summed E-state index contributed by atoms with van der Waals surface area (Å²) in [7, 11) is 0.849. The maximum absolute atomic E-state index is 13.0. The second-order valence-corrected chi connectivity index (χ2v) is 8.63. The van der Waals surface area contributed by atoms with Gasteiger partial charge in [-0.05, 0) is 31.4 Å². The Hall–Kier alpha value is -1.11. The largest absolute Gasteiger partial charge is 0.419 e. The van der Waals surface area contributed by atoms with E-state index in [0.717, 1.165) is 31.7 Å². The van der Waals surface area contributed by atoms with Gasteiger partial charge in [-0.3, -0.25) is 9.20 Å². The third-order valence-electron chi connectivity index (χ3n) is 4.67. The topological polar surface area (TPSA) is 78.4 Å². The van der Waals surface area contributed by atoms with Gasteiger partial charge in [-0.2, -0.15) is 13.2 Å². The fourth-order valence-corrected chi connectivity index (χ4v) is 4.62. The van der Waals surface area contributed by atoms with Crippen LogP contribution in [0.1, 0.15) is 38.2 Å². The Morgan fingerprint density at radius 2 is 2.10 bits per heavy atom. The van der Waals surface area contributed by atoms with E-state index in [0.29, 0.717) is 18.3 Å². The van der Waals surface area contributed by atoms with Crippen molar-refractivity contribution < 1.29 is 17.4 Å². The summed E-state index contributed by atoms with van der Waals surface area (Å²) >= 11 is 0. The number of aliphatic imine (C=N–C) groups is 1. The van der Waals surface area contributed by atoms with Crippen molar-refractivity contribution in [3.63, 3.8) is 0 Å². The molecular weight excluding hydrogens is 518 g/mol. The van der Waals surface area contributed by atoms with Crippen molar-refractivity contribution in [2.24, 2.45) is 4.99 Å². The molecule has 1 aromatic heterocycles. The lowest BCUT2D eigenvalue weighted by atomic mass is 9.95. The number of nitrogens with one attached hydrogen (secondary N) is 3. The van der Waals surface area contributed by atoms with Gasteiger partial charge in [0.25, 0.3) is 0 Å². The van der Waals surface area contributed by atoms with Crippen LogP contribution in [-0.2, 0) is 17.0 Å². The van der Waals surface area contributed by atoms with Crippen LogP contribution in [0, 0.1) is 0 Å². The highest BCUT2D eigenvalue weighted by atomic mass is 127. The Bertz CT molecular complexity index is 690. The lowest BCUT2D eigenvalue weighted by molar-refractivity contribution is -0.137. The van der Waals surface area contributed by atoms with Crippen molar-refractivity contribution in [2.45, 2.75) is 50.1 Å². The van der Waals surface area contributed by atoms with E-state index in [9.17, 15) is 17.4 Å². The zero-order valence-corrected chi connectivity index (χ0v) is 19.7. The molecule has 1 aliphatic carbocycles. The SMILES string of the molecule is CCS(=O)C1CCCC(NC(=NC)NCCNc2ncccc2C(F)(F)F)C1.I. The first-order valence-corrected chi connectivity index (χ1v) is 10.8. The van der Waals surface area contributed by atoms with E-state index in [1.165, 1.54) is 12.3 Å². The van der Waals surface area contributed by atoms with Crippen molar-refractivity contribution in [3.05, 3.63) is 23.9 Å². The molecule has 3 N–H and O–H groups in total. The van der Waals surface area contributed by atoms with Gasteiger partial charge in [-0.25, -0.2) is 4.98 Å². The van der Waals surface area contributed by atoms with Crippen LogP contribution < -0.4 is 16.0 Å². The molecule has 1 heterocycles. The minimum absolute atomic E-state index is 0. The van der Waals surface area contributed by atoms with Crippen molar-refractivity contribution in [1.82, 2.24) is 15.6 Å². The predicted molar refractivity (Wildman–Crippen MR) is 122 cm³/mol. The van der Waals surface area contributed by atoms with E-state index >= 15 is 0 Å². The predicted octanol–water partition coefficient (Wildman–Crippen LogP) is 3.38. The number of nitrogens with zero attached hydrogens (tertiary/aromatic N) is 2. The molecule has 6 nitrogen and oxygen atoms in total. The summed E-state index contributed by atoms with van der Waals surface area (Å²) in [5.41, 5.74) is -0.783. The molecule has 3 atom stereocenters. The third kappa shape index (κ3) is 8.27. The number of aromatic nitrogens is 1. The number of rotatable bonds is 7. The quantitative estimate of drug-likeness (QED) is 0.211. The van der Waals surface area contributed by atoms with Crippen LogP contribution in [0.2, 0.25) is 0 Å². The van der Waals surface area contributed by atoms with E-state index < -0.39 is 22.5 Å². The van der Waals surface area contributed by atoms with Crippen LogP contribution in [0.25, 0.3) is 0 Å². The molecule has 0 spiro atoms. The zero-order chi connectivity index (χ0) is 20.6. The minimum atomic E-state index is -4.45. The van der Waals surface area contributed by atoms with E-state index in [2.05, 4.69) is 25.9 Å². The van der Waals surface area contributed by atoms with Crippen LogP contribution in [0.3, 0.4) is 0 Å². The first-order chi connectivity index (χ1) is 13.3. The van der Waals surface area contributed by atoms with Gasteiger partial charge >= 0.3 is 6.18 Å². The number of pyridine rings is 1. The highest BCUT2D eigenvalue weighted by Crippen LogP contribution is 2.33. The van der Waals surface area contributed by atoms with Crippen molar-refractivity contribution >= 4 is 46.6 Å². The Kier molecular flexibility index (Phi) is 11.2. The van der Waals surface area contributed by atoms with Crippen molar-refractivity contribution in [2.75, 3.05) is 31.2 Å². The van der Waals surface area contributed by atoms with E-state index in [1.54, 1.807) is 7.05 Å². The van der Waals surface area contributed by atoms with Crippen LogP contribution in [0.4, 0.5) is 19.0 Å². The molecule has 2 rings (SSSR count). The van der Waals surface area contributed by atoms with Crippen LogP contribution in [0.5, 0.6) is 0 Å². The standard InChI is InChI=1S/C18H28F3N5OS.HI/c1-3-28(27)14-7-4-6-13(12-14)26-17(22-2)25-11-10-24-16-15(18(19,20)21)8-5-9-23-16;/h5,8-9,13-14H,3-4,6-7,10-12H2,1-2H3,(H,23,24)(H2,22,25,26);1H. The second-order valence-electron chi connectivity index (χ2n) is 6.62. The van der Waals surface area contributed by atoms with Gasteiger partial charge in [0.1, 0.15) is 5.82 Å². The van der Waals surface area contributed by atoms with E-state index in [1.807, 2.05) is 6.92 Å². The average molecular weight is 547 g/mol. The molecule has 0 saturated heterocycles. The van der Waals surface area contributed by atoms with E-state index in [4.69, 9.17) is 0 Å². The molecule has 11 heteroatoms. The molecule has 0 bridgehead atoms. The highest BCUT2D eigenvalue weighted by molar-refractivity contribution is 14.0. The minimum Gasteiger partial charge on any atom is -0.368 e. The summed E-state index contributed by atoms with van der Waals surface area (Å²) in [5, 5.41) is 9.35. The summed E-state index contributed by atoms with van der Waals surface area (Å²) < 4.78 is 51.0. The molecule has 166 valence electrons. The maximum Gasteiger partial charge on any atom is 0.419 e. The molecule has 0 aromatic carbocycles. The van der Waals surface area contributed by atoms with Gasteiger partial charge in [0.2, 0.25) is 0 Å². The molecule has 0 aliphatic heterocycles. The third-order valence-corrected chi connectivity index (χ3v) is 6.41. The lowest BCUT2D eigenvalue weighted by Crippen LogP contribution is -2.47. The summed E-state index contributed by atoms with van der Waals surface area (Å²) in [6.45, 7) is 2.57. The number of halogens is 4. The first-order valence-electron chi connectivity index (χ1n) is 9.45. The molecule has 1 saturated carbocycles. The van der Waals surface area contributed by atoms with Crippen molar-refractivity contribution in [3.8, 4) is 0 Å². The number of guanidine groups is 1. The molecule has 1 fully saturated rings. The normalized spacial score (nSPS) is 21.1. The Labute approximate surface area is 189 Å². The molecule has 0 amide bonds. The molecule has 1 aromatic rings. The van der Waals surface area contributed by atoms with Crippen LogP contribution in [-0.4, -0.2) is 52.3 Å². The van der Waals surface area contributed by atoms with Crippen LogP contribution in [0.15, 0.2) is 23.3 Å². The van der Waals surface area contributed by atoms with Gasteiger partial charge in [-0.1, -0.05) is 13.3 Å². The number of alkyl halides is 3. The van der Waals surface area contributed by atoms with Crippen molar-refractivity contribution in [1.29, 1.82) is 0 Å². The molecule has 29 heavy (non-hydrogen) atoms. The summed E-state index contributed by atoms with van der Waals surface area (Å²) in [6.07, 6.45) is 0.706. The summed E-state index contributed by atoms with van der Waals surface area (Å²) in [4.78, 5) is 7.94. The van der Waals surface area contributed by atoms with Gasteiger partial charge in [0, 0.05) is 54.2 Å². The smallest absolute Gasteiger partial charge is 0.368 e. The summed E-state index contributed by atoms with van der Waals surface area (Å²) in [6, 6.07) is 2.46. The molecule has 0 radical (unpaired) electrons. The first kappa shape index (κ1) is 25.9. The van der Waals surface area contributed by atoms with Gasteiger partial charge in [0.05, 0.1) is 5.56 Å². The average Bonchev–Trinajstić information content (AvgIpc) is 2.69. The monoisotopic (exact) mass is 547 g/mol. The number of hydrogen-bond acceptors (Lipinski definition) is 4. The van der Waals surface area contributed by atoms with E-state index in [-0.39, 0.29) is 47.6 Å². The number of anilines is 1. The fraction of sp³-hybridized carbons (Fsp3) is 0.667.